The third-order valence-corrected chi connectivity index (χ3v) is 3.05. The van der Waals surface area contributed by atoms with Crippen molar-refractivity contribution in [2.45, 2.75) is 19.1 Å². The Balaban J connectivity index is 1.94. The fourth-order valence-corrected chi connectivity index (χ4v) is 1.84. The average molecular weight is 289 g/mol. The van der Waals surface area contributed by atoms with E-state index in [0.29, 0.717) is 11.3 Å². The Morgan fingerprint density at radius 3 is 2.48 bits per heavy atom. The number of nitrogens with two attached hydrogens (primary N) is 1. The zero-order valence-corrected chi connectivity index (χ0v) is 11.3. The van der Waals surface area contributed by atoms with E-state index in [0.717, 1.165) is 5.56 Å². The predicted octanol–water partition coefficient (Wildman–Crippen LogP) is 2.36. The Kier molecular flexibility index (Phi) is 4.90. The lowest BCUT2D eigenvalue weighted by Gasteiger charge is -2.09. The molecule has 0 spiro atoms. The minimum absolute atomic E-state index is 0.140. The Bertz CT molecular complexity index is 613. The van der Waals surface area contributed by atoms with Gasteiger partial charge in [-0.2, -0.15) is 0 Å². The van der Waals surface area contributed by atoms with Crippen molar-refractivity contribution in [3.05, 3.63) is 65.5 Å². The van der Waals surface area contributed by atoms with Crippen molar-refractivity contribution in [1.82, 2.24) is 0 Å². The molecule has 110 valence electrons. The molecule has 0 aromatic heterocycles. The summed E-state index contributed by atoms with van der Waals surface area (Å²) in [5.41, 5.74) is 6.75. The normalized spacial score (nSPS) is 11.9. The molecule has 0 unspecified atom stereocenters. The summed E-state index contributed by atoms with van der Waals surface area (Å²) in [6, 6.07) is 12.4. The number of hydrogen-bond acceptors (Lipinski definition) is 3. The van der Waals surface area contributed by atoms with Gasteiger partial charge in [-0.15, -0.1) is 0 Å². The smallest absolute Gasteiger partial charge is 0.320 e. The molecule has 0 aliphatic heterocycles. The topological polar surface area (TPSA) is 72.5 Å². The molecule has 0 heterocycles. The average Bonchev–Trinajstić information content (AvgIpc) is 2.48. The van der Waals surface area contributed by atoms with Gasteiger partial charge in [0.25, 0.3) is 0 Å². The van der Waals surface area contributed by atoms with Gasteiger partial charge in [-0.05, 0) is 30.2 Å². The van der Waals surface area contributed by atoms with Crippen LogP contribution in [-0.4, -0.2) is 17.1 Å². The first kappa shape index (κ1) is 15.0. The Hall–Kier alpha value is -2.40. The van der Waals surface area contributed by atoms with E-state index in [1.807, 2.05) is 0 Å². The highest BCUT2D eigenvalue weighted by molar-refractivity contribution is 5.73. The summed E-state index contributed by atoms with van der Waals surface area (Å²) in [4.78, 5) is 10.7. The molecule has 2 aromatic carbocycles. The number of ether oxygens (including phenoxy) is 1. The van der Waals surface area contributed by atoms with E-state index in [-0.39, 0.29) is 18.8 Å². The van der Waals surface area contributed by atoms with Crippen LogP contribution in [0.3, 0.4) is 0 Å². The summed E-state index contributed by atoms with van der Waals surface area (Å²) in [6.07, 6.45) is 0.253. The summed E-state index contributed by atoms with van der Waals surface area (Å²) in [5, 5.41) is 8.75. The molecule has 21 heavy (non-hydrogen) atoms. The van der Waals surface area contributed by atoms with Gasteiger partial charge in [0, 0.05) is 5.56 Å². The lowest BCUT2D eigenvalue weighted by Crippen LogP contribution is -2.32. The van der Waals surface area contributed by atoms with Gasteiger partial charge in [-0.1, -0.05) is 30.3 Å². The zero-order chi connectivity index (χ0) is 15.2. The molecule has 1 atom stereocenters. The second-order valence-electron chi connectivity index (χ2n) is 4.67. The SMILES string of the molecule is N[C@@H](Cc1ccc(OCc2ccccc2F)cc1)C(=O)O. The van der Waals surface area contributed by atoms with E-state index in [2.05, 4.69) is 0 Å². The summed E-state index contributed by atoms with van der Waals surface area (Å²) in [5.74, 6) is -0.748. The van der Waals surface area contributed by atoms with Crippen LogP contribution in [0.25, 0.3) is 0 Å². The number of benzene rings is 2. The minimum atomic E-state index is -1.03. The Morgan fingerprint density at radius 1 is 1.19 bits per heavy atom. The molecule has 0 aliphatic rings. The van der Waals surface area contributed by atoms with Crippen molar-refractivity contribution in [1.29, 1.82) is 0 Å². The lowest BCUT2D eigenvalue weighted by atomic mass is 10.1. The van der Waals surface area contributed by atoms with Crippen LogP contribution in [0, 0.1) is 5.82 Å². The van der Waals surface area contributed by atoms with Gasteiger partial charge in [0.2, 0.25) is 0 Å². The fourth-order valence-electron chi connectivity index (χ4n) is 1.84. The van der Waals surface area contributed by atoms with Gasteiger partial charge in [-0.25, -0.2) is 4.39 Å². The van der Waals surface area contributed by atoms with Crippen LogP contribution in [0.2, 0.25) is 0 Å². The molecule has 0 saturated heterocycles. The van der Waals surface area contributed by atoms with E-state index < -0.39 is 12.0 Å². The summed E-state index contributed by atoms with van der Waals surface area (Å²) < 4.78 is 18.9. The van der Waals surface area contributed by atoms with Crippen molar-refractivity contribution in [3.63, 3.8) is 0 Å². The quantitative estimate of drug-likeness (QED) is 0.856. The summed E-state index contributed by atoms with van der Waals surface area (Å²) in [6.45, 7) is 0.140. The van der Waals surface area contributed by atoms with Crippen LogP contribution >= 0.6 is 0 Å². The first-order chi connectivity index (χ1) is 10.1. The standard InChI is InChI=1S/C16H16FNO3/c17-14-4-2-1-3-12(14)10-21-13-7-5-11(6-8-13)9-15(18)16(19)20/h1-8,15H,9-10,18H2,(H,19,20)/t15-/m0/s1. The molecular formula is C16H16FNO3. The molecule has 4 nitrogen and oxygen atoms in total. The van der Waals surface area contributed by atoms with Crippen molar-refractivity contribution >= 4 is 5.97 Å². The number of halogens is 1. The molecule has 0 bridgehead atoms. The molecule has 0 fully saturated rings. The first-order valence-electron chi connectivity index (χ1n) is 6.50. The number of carboxylic acid groups (broad SMARTS) is 1. The second-order valence-corrected chi connectivity index (χ2v) is 4.67. The number of rotatable bonds is 6. The number of hydrogen-bond donors (Lipinski definition) is 2. The number of carboxylic acids is 1. The van der Waals surface area contributed by atoms with E-state index >= 15 is 0 Å². The highest BCUT2D eigenvalue weighted by Gasteiger charge is 2.11. The third kappa shape index (κ3) is 4.29. The van der Waals surface area contributed by atoms with Gasteiger partial charge >= 0.3 is 5.97 Å². The van der Waals surface area contributed by atoms with E-state index in [1.165, 1.54) is 6.07 Å². The Labute approximate surface area is 122 Å². The summed E-state index contributed by atoms with van der Waals surface area (Å²) in [7, 11) is 0. The van der Waals surface area contributed by atoms with Crippen LogP contribution in [0.1, 0.15) is 11.1 Å². The molecule has 2 rings (SSSR count). The second kappa shape index (κ2) is 6.85. The molecule has 0 amide bonds. The van der Waals surface area contributed by atoms with Crippen molar-refractivity contribution < 1.29 is 19.0 Å². The van der Waals surface area contributed by atoms with E-state index in [4.69, 9.17) is 15.6 Å². The Morgan fingerprint density at radius 2 is 1.86 bits per heavy atom. The van der Waals surface area contributed by atoms with E-state index in [1.54, 1.807) is 42.5 Å². The van der Waals surface area contributed by atoms with Gasteiger partial charge < -0.3 is 15.6 Å². The lowest BCUT2D eigenvalue weighted by molar-refractivity contribution is -0.138. The highest BCUT2D eigenvalue weighted by Crippen LogP contribution is 2.16. The first-order valence-corrected chi connectivity index (χ1v) is 6.50. The van der Waals surface area contributed by atoms with Crippen LogP contribution in [0.5, 0.6) is 5.75 Å². The van der Waals surface area contributed by atoms with Crippen LogP contribution < -0.4 is 10.5 Å². The maximum absolute atomic E-state index is 13.4. The highest BCUT2D eigenvalue weighted by atomic mass is 19.1. The zero-order valence-electron chi connectivity index (χ0n) is 11.3. The summed E-state index contributed by atoms with van der Waals surface area (Å²) >= 11 is 0. The third-order valence-electron chi connectivity index (χ3n) is 3.05. The van der Waals surface area contributed by atoms with Crippen LogP contribution in [0.4, 0.5) is 4.39 Å². The van der Waals surface area contributed by atoms with Crippen LogP contribution in [-0.2, 0) is 17.8 Å². The number of aliphatic carboxylic acids is 1. The van der Waals surface area contributed by atoms with E-state index in [9.17, 15) is 9.18 Å². The van der Waals surface area contributed by atoms with Gasteiger partial charge in [0.15, 0.2) is 0 Å². The molecule has 5 heteroatoms. The molecular weight excluding hydrogens is 273 g/mol. The van der Waals surface area contributed by atoms with Crippen molar-refractivity contribution in [3.8, 4) is 5.75 Å². The predicted molar refractivity (Wildman–Crippen MR) is 76.5 cm³/mol. The van der Waals surface area contributed by atoms with Gasteiger partial charge in [0.1, 0.15) is 24.2 Å². The van der Waals surface area contributed by atoms with Crippen molar-refractivity contribution in [2.75, 3.05) is 0 Å². The maximum Gasteiger partial charge on any atom is 0.320 e. The minimum Gasteiger partial charge on any atom is -0.489 e. The van der Waals surface area contributed by atoms with Crippen LogP contribution in [0.15, 0.2) is 48.5 Å². The fraction of sp³-hybridized carbons (Fsp3) is 0.188. The molecule has 0 aliphatic carbocycles. The molecule has 2 aromatic rings. The largest absolute Gasteiger partial charge is 0.489 e. The molecule has 3 N–H and O–H groups in total. The van der Waals surface area contributed by atoms with Gasteiger partial charge in [-0.3, -0.25) is 4.79 Å². The molecule has 0 saturated carbocycles. The number of carbonyl (C=O) groups is 1. The van der Waals surface area contributed by atoms with Gasteiger partial charge in [0.05, 0.1) is 0 Å². The monoisotopic (exact) mass is 289 g/mol. The molecule has 0 radical (unpaired) electrons. The van der Waals surface area contributed by atoms with Crippen molar-refractivity contribution in [2.24, 2.45) is 5.73 Å². The maximum atomic E-state index is 13.4.